The molecule has 26 heavy (non-hydrogen) atoms. The zero-order valence-corrected chi connectivity index (χ0v) is 14.0. The van der Waals surface area contributed by atoms with Crippen LogP contribution in [0.15, 0.2) is 24.4 Å². The van der Waals surface area contributed by atoms with Gasteiger partial charge in [0.25, 0.3) is 11.8 Å². The van der Waals surface area contributed by atoms with Gasteiger partial charge in [0, 0.05) is 12.7 Å². The molecule has 0 aromatic carbocycles. The molecular formula is C13H15N5O7S. The quantitative estimate of drug-likeness (QED) is 0.433. The molecule has 4 amide bonds. The fourth-order valence-corrected chi connectivity index (χ4v) is 3.26. The predicted octanol–water partition coefficient (Wildman–Crippen LogP) is -1.15. The smallest absolute Gasteiger partial charge is 0.309 e. The van der Waals surface area contributed by atoms with Gasteiger partial charge in [-0.15, -0.1) is 4.28 Å². The lowest BCUT2D eigenvalue weighted by molar-refractivity contribution is -0.126. The summed E-state index contributed by atoms with van der Waals surface area (Å²) in [5, 5.41) is 0.537. The van der Waals surface area contributed by atoms with Crippen molar-refractivity contribution >= 4 is 28.2 Å². The molecule has 13 heteroatoms. The average Bonchev–Trinajstić information content (AvgIpc) is 2.84. The third kappa shape index (κ3) is 3.74. The number of hydrogen-bond donors (Lipinski definition) is 3. The van der Waals surface area contributed by atoms with E-state index in [1.165, 1.54) is 12.3 Å². The number of rotatable bonds is 4. The van der Waals surface area contributed by atoms with E-state index < -0.39 is 40.3 Å². The molecule has 0 saturated carbocycles. The van der Waals surface area contributed by atoms with Crippen molar-refractivity contribution in [3.8, 4) is 0 Å². The molecule has 2 aliphatic rings. The predicted molar refractivity (Wildman–Crippen MR) is 83.2 cm³/mol. The van der Waals surface area contributed by atoms with Crippen molar-refractivity contribution in [2.45, 2.75) is 24.9 Å². The molecule has 1 aromatic heterocycles. The minimum atomic E-state index is -4.86. The Balaban J connectivity index is 1.61. The van der Waals surface area contributed by atoms with E-state index in [2.05, 4.69) is 20.1 Å². The van der Waals surface area contributed by atoms with Crippen molar-refractivity contribution < 1.29 is 31.6 Å². The van der Waals surface area contributed by atoms with Gasteiger partial charge in [0.2, 0.25) is 0 Å². The molecule has 3 rings (SSSR count). The van der Waals surface area contributed by atoms with Gasteiger partial charge in [-0.25, -0.2) is 4.79 Å². The summed E-state index contributed by atoms with van der Waals surface area (Å²) < 4.78 is 34.7. The number of urea groups is 1. The van der Waals surface area contributed by atoms with Gasteiger partial charge in [-0.05, 0) is 25.0 Å². The monoisotopic (exact) mass is 385 g/mol. The average molecular weight is 385 g/mol. The molecular weight excluding hydrogens is 370 g/mol. The number of hydrazine groups is 1. The van der Waals surface area contributed by atoms with Gasteiger partial charge in [-0.1, -0.05) is 6.07 Å². The van der Waals surface area contributed by atoms with Gasteiger partial charge in [-0.2, -0.15) is 13.5 Å². The van der Waals surface area contributed by atoms with Gasteiger partial charge < -0.3 is 4.90 Å². The summed E-state index contributed by atoms with van der Waals surface area (Å²) in [5.74, 6) is -1.27. The maximum Gasteiger partial charge on any atom is 0.418 e. The van der Waals surface area contributed by atoms with Crippen LogP contribution >= 0.6 is 0 Å². The van der Waals surface area contributed by atoms with Gasteiger partial charge in [-0.3, -0.25) is 30.0 Å². The molecule has 2 fully saturated rings. The molecule has 0 aliphatic carbocycles. The Labute approximate surface area is 148 Å². The molecule has 0 spiro atoms. The normalized spacial score (nSPS) is 22.3. The number of carbonyl (C=O) groups is 3. The standard InChI is InChI=1S/C13H15N5O7S/c19-11(9-3-1-2-6-14-9)15-16-12(20)10-5-4-8-7-17(10)13(21)18(8)25-26(22,23)24/h1-3,6,8,10H,4-5,7H2,(H,15,19)(H,16,20)(H,22,23,24)/t8-,10+/m1/s1. The van der Waals surface area contributed by atoms with Crippen LogP contribution in [0.5, 0.6) is 0 Å². The molecule has 2 bridgehead atoms. The van der Waals surface area contributed by atoms with E-state index in [9.17, 15) is 22.8 Å². The first-order valence-electron chi connectivity index (χ1n) is 7.54. The second-order valence-corrected chi connectivity index (χ2v) is 6.67. The van der Waals surface area contributed by atoms with E-state index in [-0.39, 0.29) is 25.1 Å². The van der Waals surface area contributed by atoms with Crippen LogP contribution < -0.4 is 10.9 Å². The number of nitrogens with zero attached hydrogens (tertiary/aromatic N) is 3. The highest BCUT2D eigenvalue weighted by atomic mass is 32.3. The van der Waals surface area contributed by atoms with Crippen LogP contribution in [0.2, 0.25) is 0 Å². The first-order valence-corrected chi connectivity index (χ1v) is 8.91. The van der Waals surface area contributed by atoms with Crippen LogP contribution in [0, 0.1) is 0 Å². The maximum absolute atomic E-state index is 12.3. The third-order valence-corrected chi connectivity index (χ3v) is 4.35. The van der Waals surface area contributed by atoms with Crippen LogP contribution in [0.1, 0.15) is 23.3 Å². The summed E-state index contributed by atoms with van der Waals surface area (Å²) in [6.45, 7) is 0.0562. The number of fused-ring (bicyclic) bond motifs is 2. The second-order valence-electron chi connectivity index (χ2n) is 5.67. The number of amides is 4. The van der Waals surface area contributed by atoms with Crippen molar-refractivity contribution in [3.05, 3.63) is 30.1 Å². The van der Waals surface area contributed by atoms with Crippen molar-refractivity contribution in [3.63, 3.8) is 0 Å². The zero-order valence-electron chi connectivity index (χ0n) is 13.2. The van der Waals surface area contributed by atoms with Crippen molar-refractivity contribution in [1.82, 2.24) is 25.8 Å². The lowest BCUT2D eigenvalue weighted by atomic mass is 10.0. The van der Waals surface area contributed by atoms with Gasteiger partial charge in [0.1, 0.15) is 11.7 Å². The number of aromatic nitrogens is 1. The summed E-state index contributed by atoms with van der Waals surface area (Å²) in [6.07, 6.45) is 1.93. The van der Waals surface area contributed by atoms with E-state index in [4.69, 9.17) is 4.55 Å². The molecule has 1 aromatic rings. The molecule has 140 valence electrons. The lowest BCUT2D eigenvalue weighted by Gasteiger charge is -2.29. The first kappa shape index (κ1) is 18.0. The number of carbonyl (C=O) groups excluding carboxylic acids is 3. The van der Waals surface area contributed by atoms with Crippen molar-refractivity contribution in [1.29, 1.82) is 0 Å². The molecule has 12 nitrogen and oxygen atoms in total. The Bertz CT molecular complexity index is 831. The first-order chi connectivity index (χ1) is 12.3. The zero-order chi connectivity index (χ0) is 18.9. The van der Waals surface area contributed by atoms with Gasteiger partial charge in [0.15, 0.2) is 0 Å². The van der Waals surface area contributed by atoms with Gasteiger partial charge in [0.05, 0.1) is 6.04 Å². The van der Waals surface area contributed by atoms with Crippen LogP contribution in [0.4, 0.5) is 4.79 Å². The third-order valence-electron chi connectivity index (χ3n) is 4.00. The Morgan fingerprint density at radius 3 is 2.69 bits per heavy atom. The SMILES string of the molecule is O=C(NNC(=O)[C@@H]1CC[C@@H]2CN1C(=O)N2OS(=O)(=O)O)c1ccccn1. The highest BCUT2D eigenvalue weighted by molar-refractivity contribution is 7.80. The summed E-state index contributed by atoms with van der Waals surface area (Å²) in [4.78, 5) is 41.3. The van der Waals surface area contributed by atoms with E-state index in [0.717, 1.165) is 4.90 Å². The van der Waals surface area contributed by atoms with Crippen LogP contribution in [0.25, 0.3) is 0 Å². The molecule has 2 atom stereocenters. The maximum atomic E-state index is 12.3. The van der Waals surface area contributed by atoms with E-state index in [1.807, 2.05) is 0 Å². The summed E-state index contributed by atoms with van der Waals surface area (Å²) >= 11 is 0. The number of hydroxylamine groups is 2. The largest absolute Gasteiger partial charge is 0.418 e. The Morgan fingerprint density at radius 2 is 2.04 bits per heavy atom. The lowest BCUT2D eigenvalue weighted by Crippen LogP contribution is -2.54. The summed E-state index contributed by atoms with van der Waals surface area (Å²) in [7, 11) is -4.86. The number of hydrogen-bond acceptors (Lipinski definition) is 7. The van der Waals surface area contributed by atoms with Crippen molar-refractivity contribution in [2.24, 2.45) is 0 Å². The van der Waals surface area contributed by atoms with Crippen molar-refractivity contribution in [2.75, 3.05) is 6.54 Å². The minimum absolute atomic E-state index is 0.0562. The minimum Gasteiger partial charge on any atom is -0.309 e. The summed E-state index contributed by atoms with van der Waals surface area (Å²) in [5.41, 5.74) is 4.52. The molecule has 2 saturated heterocycles. The van der Waals surface area contributed by atoms with Crippen LogP contribution in [-0.2, 0) is 19.5 Å². The fourth-order valence-electron chi connectivity index (χ4n) is 2.87. The number of piperidine rings is 1. The highest BCUT2D eigenvalue weighted by Crippen LogP contribution is 2.30. The second kappa shape index (κ2) is 6.86. The van der Waals surface area contributed by atoms with Crippen LogP contribution in [-0.4, -0.2) is 64.4 Å². The van der Waals surface area contributed by atoms with E-state index in [0.29, 0.717) is 5.06 Å². The summed E-state index contributed by atoms with van der Waals surface area (Å²) in [6, 6.07) is 2.32. The molecule has 3 N–H and O–H groups in total. The molecule has 0 radical (unpaired) electrons. The Hall–Kier alpha value is -2.77. The number of nitrogens with one attached hydrogen (secondary N) is 2. The Kier molecular flexibility index (Phi) is 4.76. The van der Waals surface area contributed by atoms with Crippen LogP contribution in [0.3, 0.4) is 0 Å². The van der Waals surface area contributed by atoms with E-state index in [1.54, 1.807) is 12.1 Å². The molecule has 0 unspecified atom stereocenters. The molecule has 2 aliphatic heterocycles. The number of pyridine rings is 1. The topological polar surface area (TPSA) is 158 Å². The Morgan fingerprint density at radius 1 is 1.27 bits per heavy atom. The fraction of sp³-hybridized carbons (Fsp3) is 0.385. The highest BCUT2D eigenvalue weighted by Gasteiger charge is 2.49. The molecule has 3 heterocycles. The van der Waals surface area contributed by atoms with E-state index >= 15 is 0 Å². The van der Waals surface area contributed by atoms with Gasteiger partial charge >= 0.3 is 16.4 Å².